The molecule has 1 aromatic carbocycles. The summed E-state index contributed by atoms with van der Waals surface area (Å²) in [6.45, 7) is 0. The van der Waals surface area contributed by atoms with E-state index in [2.05, 4.69) is 4.98 Å². The molecule has 0 saturated carbocycles. The first-order chi connectivity index (χ1) is 5.81. The Kier molecular flexibility index (Phi) is 1.50. The highest BCUT2D eigenvalue weighted by Gasteiger charge is 2.03. The second-order valence-electron chi connectivity index (χ2n) is 2.55. The van der Waals surface area contributed by atoms with Crippen molar-refractivity contribution in [3.8, 4) is 5.75 Å². The predicted octanol–water partition coefficient (Wildman–Crippen LogP) is 2.32. The molecule has 2 rings (SSSR count). The van der Waals surface area contributed by atoms with Crippen LogP contribution in [0.15, 0.2) is 24.4 Å². The molecule has 0 saturated heterocycles. The van der Waals surface area contributed by atoms with E-state index in [1.807, 2.05) is 0 Å². The average molecular weight is 165 g/mol. The molecular weight excluding hydrogens is 157 g/mol. The second-order valence-corrected chi connectivity index (χ2v) is 2.55. The number of rotatable bonds is 1. The number of hydrogen-bond donors (Lipinski definition) is 1. The normalized spacial score (nSPS) is 10.5. The maximum atomic E-state index is 12.8. The van der Waals surface area contributed by atoms with Gasteiger partial charge in [-0.1, -0.05) is 0 Å². The van der Waals surface area contributed by atoms with Gasteiger partial charge in [0.25, 0.3) is 0 Å². The zero-order valence-electron chi connectivity index (χ0n) is 6.60. The van der Waals surface area contributed by atoms with Gasteiger partial charge >= 0.3 is 0 Å². The van der Waals surface area contributed by atoms with Crippen molar-refractivity contribution in [1.82, 2.24) is 4.98 Å². The fourth-order valence-electron chi connectivity index (χ4n) is 1.24. The van der Waals surface area contributed by atoms with Crippen molar-refractivity contribution in [3.05, 3.63) is 30.2 Å². The summed E-state index contributed by atoms with van der Waals surface area (Å²) in [7, 11) is 1.56. The number of nitrogens with one attached hydrogen (secondary N) is 1. The first-order valence-corrected chi connectivity index (χ1v) is 3.62. The van der Waals surface area contributed by atoms with E-state index in [4.69, 9.17) is 4.74 Å². The zero-order chi connectivity index (χ0) is 8.55. The van der Waals surface area contributed by atoms with Crippen LogP contribution in [0.1, 0.15) is 0 Å². The Morgan fingerprint density at radius 2 is 2.25 bits per heavy atom. The number of aromatic nitrogens is 1. The monoisotopic (exact) mass is 165 g/mol. The van der Waals surface area contributed by atoms with Gasteiger partial charge in [0.15, 0.2) is 0 Å². The number of hydrogen-bond acceptors (Lipinski definition) is 1. The van der Waals surface area contributed by atoms with E-state index in [-0.39, 0.29) is 5.82 Å². The number of aromatic amines is 1. The van der Waals surface area contributed by atoms with E-state index < -0.39 is 0 Å². The van der Waals surface area contributed by atoms with Gasteiger partial charge in [0, 0.05) is 17.1 Å². The summed E-state index contributed by atoms with van der Waals surface area (Å²) in [5.74, 6) is 0.421. The summed E-state index contributed by atoms with van der Waals surface area (Å²) < 4.78 is 17.8. The van der Waals surface area contributed by atoms with Crippen LogP contribution in [-0.2, 0) is 0 Å². The van der Waals surface area contributed by atoms with Gasteiger partial charge in [-0.05, 0) is 18.2 Å². The number of ether oxygens (including phenoxy) is 1. The minimum absolute atomic E-state index is 0.250. The third-order valence-corrected chi connectivity index (χ3v) is 1.83. The van der Waals surface area contributed by atoms with Crippen LogP contribution in [0.2, 0.25) is 0 Å². The van der Waals surface area contributed by atoms with Crippen molar-refractivity contribution in [3.63, 3.8) is 0 Å². The Morgan fingerprint density at radius 3 is 3.00 bits per heavy atom. The fourth-order valence-corrected chi connectivity index (χ4v) is 1.24. The van der Waals surface area contributed by atoms with E-state index in [1.165, 1.54) is 12.1 Å². The van der Waals surface area contributed by atoms with Crippen molar-refractivity contribution in [1.29, 1.82) is 0 Å². The molecule has 0 amide bonds. The molecule has 0 aliphatic heterocycles. The molecule has 0 spiro atoms. The third-order valence-electron chi connectivity index (χ3n) is 1.83. The lowest BCUT2D eigenvalue weighted by Crippen LogP contribution is -1.79. The number of benzene rings is 1. The van der Waals surface area contributed by atoms with E-state index in [0.717, 1.165) is 10.9 Å². The molecule has 0 aliphatic rings. The van der Waals surface area contributed by atoms with Crippen molar-refractivity contribution in [2.24, 2.45) is 0 Å². The van der Waals surface area contributed by atoms with Crippen LogP contribution in [-0.4, -0.2) is 12.1 Å². The molecule has 62 valence electrons. The average Bonchev–Trinajstić information content (AvgIpc) is 2.46. The third kappa shape index (κ3) is 0.942. The van der Waals surface area contributed by atoms with E-state index in [1.54, 1.807) is 19.4 Å². The summed E-state index contributed by atoms with van der Waals surface area (Å²) in [5, 5.41) is 0.775. The van der Waals surface area contributed by atoms with Gasteiger partial charge in [-0.2, -0.15) is 0 Å². The Balaban J connectivity index is 2.75. The minimum Gasteiger partial charge on any atom is -0.495 e. The number of fused-ring (bicyclic) bond motifs is 1. The lowest BCUT2D eigenvalue weighted by molar-refractivity contribution is 0.419. The predicted molar refractivity (Wildman–Crippen MR) is 44.8 cm³/mol. The summed E-state index contributed by atoms with van der Waals surface area (Å²) in [5.41, 5.74) is 0.883. The Bertz CT molecular complexity index is 408. The van der Waals surface area contributed by atoms with Gasteiger partial charge < -0.3 is 9.72 Å². The maximum Gasteiger partial charge on any atom is 0.144 e. The van der Waals surface area contributed by atoms with E-state index in [0.29, 0.717) is 5.75 Å². The molecule has 1 N–H and O–H groups in total. The molecule has 0 bridgehead atoms. The van der Waals surface area contributed by atoms with Crippen LogP contribution < -0.4 is 4.74 Å². The first-order valence-electron chi connectivity index (χ1n) is 3.62. The highest BCUT2D eigenvalue weighted by Crippen LogP contribution is 2.25. The Hall–Kier alpha value is -1.51. The largest absolute Gasteiger partial charge is 0.495 e. The standard InChI is InChI=1S/C9H8FNO/c1-12-9-5-11-8-3-2-6(10)4-7(8)9/h2-5,11H,1H3. The van der Waals surface area contributed by atoms with Crippen molar-refractivity contribution in [2.45, 2.75) is 0 Å². The molecular formula is C9H8FNO. The molecule has 1 heterocycles. The van der Waals surface area contributed by atoms with E-state index >= 15 is 0 Å². The topological polar surface area (TPSA) is 25.0 Å². The van der Waals surface area contributed by atoms with Crippen LogP contribution in [0, 0.1) is 5.82 Å². The van der Waals surface area contributed by atoms with Gasteiger partial charge in [0.1, 0.15) is 11.6 Å². The Morgan fingerprint density at radius 1 is 1.42 bits per heavy atom. The van der Waals surface area contributed by atoms with E-state index in [9.17, 15) is 4.39 Å². The fraction of sp³-hybridized carbons (Fsp3) is 0.111. The van der Waals surface area contributed by atoms with Gasteiger partial charge in [0.05, 0.1) is 7.11 Å². The quantitative estimate of drug-likeness (QED) is 0.689. The number of halogens is 1. The van der Waals surface area contributed by atoms with Crippen molar-refractivity contribution < 1.29 is 9.13 Å². The number of methoxy groups -OCH3 is 1. The maximum absolute atomic E-state index is 12.8. The van der Waals surface area contributed by atoms with Crippen LogP contribution >= 0.6 is 0 Å². The molecule has 0 atom stereocenters. The summed E-state index contributed by atoms with van der Waals surface area (Å²) in [6.07, 6.45) is 1.71. The van der Waals surface area contributed by atoms with Crippen LogP contribution in [0.5, 0.6) is 5.75 Å². The molecule has 1 aromatic heterocycles. The molecule has 2 aromatic rings. The Labute approximate surface area is 69.0 Å². The lowest BCUT2D eigenvalue weighted by atomic mass is 10.2. The first kappa shape index (κ1) is 7.16. The molecule has 0 radical (unpaired) electrons. The SMILES string of the molecule is COc1c[nH]c2ccc(F)cc12. The highest BCUT2D eigenvalue weighted by atomic mass is 19.1. The van der Waals surface area contributed by atoms with Gasteiger partial charge in [-0.15, -0.1) is 0 Å². The van der Waals surface area contributed by atoms with Gasteiger partial charge in [-0.25, -0.2) is 4.39 Å². The summed E-state index contributed by atoms with van der Waals surface area (Å²) in [6, 6.07) is 4.55. The minimum atomic E-state index is -0.250. The highest BCUT2D eigenvalue weighted by molar-refractivity contribution is 5.86. The molecule has 0 aliphatic carbocycles. The van der Waals surface area contributed by atoms with Gasteiger partial charge in [-0.3, -0.25) is 0 Å². The summed E-state index contributed by atoms with van der Waals surface area (Å²) >= 11 is 0. The van der Waals surface area contributed by atoms with Crippen LogP contribution in [0.3, 0.4) is 0 Å². The van der Waals surface area contributed by atoms with Crippen molar-refractivity contribution >= 4 is 10.9 Å². The van der Waals surface area contributed by atoms with Crippen LogP contribution in [0.25, 0.3) is 10.9 Å². The second kappa shape index (κ2) is 2.52. The number of H-pyrrole nitrogens is 1. The van der Waals surface area contributed by atoms with Crippen LogP contribution in [0.4, 0.5) is 4.39 Å². The van der Waals surface area contributed by atoms with Crippen molar-refractivity contribution in [2.75, 3.05) is 7.11 Å². The van der Waals surface area contributed by atoms with Gasteiger partial charge in [0.2, 0.25) is 0 Å². The lowest BCUT2D eigenvalue weighted by Gasteiger charge is -1.95. The molecule has 0 fully saturated rings. The molecule has 2 nitrogen and oxygen atoms in total. The molecule has 0 unspecified atom stereocenters. The smallest absolute Gasteiger partial charge is 0.144 e. The molecule has 3 heteroatoms. The molecule has 12 heavy (non-hydrogen) atoms. The zero-order valence-corrected chi connectivity index (χ0v) is 6.60. The summed E-state index contributed by atoms with van der Waals surface area (Å²) in [4.78, 5) is 2.97.